The van der Waals surface area contributed by atoms with Gasteiger partial charge in [-0.15, -0.1) is 5.10 Å². The number of nitrogens with zero attached hydrogens (tertiary/aromatic N) is 4. The Balaban J connectivity index is 1.98. The molecule has 0 unspecified atom stereocenters. The molecule has 1 heterocycles. The molecule has 1 aromatic heterocycles. The van der Waals surface area contributed by atoms with E-state index in [0.29, 0.717) is 10.9 Å². The first-order valence-electron chi connectivity index (χ1n) is 5.39. The van der Waals surface area contributed by atoms with Gasteiger partial charge in [-0.3, -0.25) is 4.79 Å². The number of thioether (sulfide) groups is 1. The maximum atomic E-state index is 12.8. The van der Waals surface area contributed by atoms with E-state index < -0.39 is 5.97 Å². The van der Waals surface area contributed by atoms with Crippen LogP contribution in [0.3, 0.4) is 0 Å². The van der Waals surface area contributed by atoms with Gasteiger partial charge in [0.15, 0.2) is 0 Å². The van der Waals surface area contributed by atoms with Crippen molar-refractivity contribution in [2.24, 2.45) is 0 Å². The van der Waals surface area contributed by atoms with Gasteiger partial charge in [0, 0.05) is 5.75 Å². The number of ether oxygens (including phenoxy) is 1. The van der Waals surface area contributed by atoms with Gasteiger partial charge in [0.1, 0.15) is 12.4 Å². The molecule has 100 valence electrons. The molecule has 0 N–H and O–H groups in total. The fourth-order valence-corrected chi connectivity index (χ4v) is 2.15. The van der Waals surface area contributed by atoms with Crippen LogP contribution in [0.5, 0.6) is 0 Å². The van der Waals surface area contributed by atoms with E-state index in [9.17, 15) is 9.18 Å². The van der Waals surface area contributed by atoms with Crippen molar-refractivity contribution in [3.63, 3.8) is 0 Å². The summed E-state index contributed by atoms with van der Waals surface area (Å²) >= 11 is 1.36. The van der Waals surface area contributed by atoms with E-state index in [4.69, 9.17) is 0 Å². The Labute approximate surface area is 112 Å². The van der Waals surface area contributed by atoms with E-state index in [-0.39, 0.29) is 12.4 Å². The molecule has 0 aliphatic rings. The number of rotatable bonds is 5. The van der Waals surface area contributed by atoms with Crippen LogP contribution in [-0.4, -0.2) is 33.3 Å². The molecule has 0 saturated heterocycles. The zero-order chi connectivity index (χ0) is 13.7. The van der Waals surface area contributed by atoms with Gasteiger partial charge in [-0.25, -0.2) is 9.07 Å². The second-order valence-electron chi connectivity index (χ2n) is 3.61. The van der Waals surface area contributed by atoms with Crippen LogP contribution >= 0.6 is 11.8 Å². The summed E-state index contributed by atoms with van der Waals surface area (Å²) in [5.74, 6) is -0.109. The highest BCUT2D eigenvalue weighted by Gasteiger charge is 2.11. The standard InChI is InChI=1S/C11H11FN4O2S/c1-18-10(17)6-16-11(13-14-15-16)19-7-8-2-4-9(12)5-3-8/h2-5H,6-7H2,1H3. The van der Waals surface area contributed by atoms with Crippen molar-refractivity contribution >= 4 is 17.7 Å². The Morgan fingerprint density at radius 3 is 2.84 bits per heavy atom. The lowest BCUT2D eigenvalue weighted by Crippen LogP contribution is -2.13. The second-order valence-corrected chi connectivity index (χ2v) is 4.55. The van der Waals surface area contributed by atoms with Crippen LogP contribution in [0.15, 0.2) is 29.4 Å². The lowest BCUT2D eigenvalue weighted by molar-refractivity contribution is -0.141. The molecule has 2 aromatic rings. The van der Waals surface area contributed by atoms with Gasteiger partial charge in [0.25, 0.3) is 0 Å². The lowest BCUT2D eigenvalue weighted by atomic mass is 10.2. The molecule has 19 heavy (non-hydrogen) atoms. The smallest absolute Gasteiger partial charge is 0.327 e. The number of tetrazole rings is 1. The molecule has 0 aliphatic heterocycles. The van der Waals surface area contributed by atoms with Gasteiger partial charge in [-0.05, 0) is 28.1 Å². The summed E-state index contributed by atoms with van der Waals surface area (Å²) in [4.78, 5) is 11.2. The summed E-state index contributed by atoms with van der Waals surface area (Å²) in [6.07, 6.45) is 0. The van der Waals surface area contributed by atoms with Crippen LogP contribution in [-0.2, 0) is 21.8 Å². The predicted molar refractivity (Wildman–Crippen MR) is 65.8 cm³/mol. The van der Waals surface area contributed by atoms with E-state index >= 15 is 0 Å². The minimum Gasteiger partial charge on any atom is -0.468 e. The first-order chi connectivity index (χ1) is 9.19. The number of carbonyl (C=O) groups excluding carboxylic acids is 1. The van der Waals surface area contributed by atoms with Crippen molar-refractivity contribution < 1.29 is 13.9 Å². The van der Waals surface area contributed by atoms with Gasteiger partial charge < -0.3 is 4.74 Å². The molecule has 6 nitrogen and oxygen atoms in total. The third kappa shape index (κ3) is 3.75. The molecule has 0 atom stereocenters. The van der Waals surface area contributed by atoms with Gasteiger partial charge in [-0.2, -0.15) is 0 Å². The van der Waals surface area contributed by atoms with E-state index in [1.807, 2.05) is 0 Å². The molecule has 1 aromatic carbocycles. The minimum absolute atomic E-state index is 0.0325. The Morgan fingerprint density at radius 1 is 1.42 bits per heavy atom. The summed E-state index contributed by atoms with van der Waals surface area (Å²) in [6, 6.07) is 6.17. The average molecular weight is 282 g/mol. The van der Waals surface area contributed by atoms with Gasteiger partial charge in [-0.1, -0.05) is 23.9 Å². The Bertz CT molecular complexity index is 558. The largest absolute Gasteiger partial charge is 0.468 e. The first-order valence-corrected chi connectivity index (χ1v) is 6.38. The van der Waals surface area contributed by atoms with Crippen molar-refractivity contribution in [1.29, 1.82) is 0 Å². The Kier molecular flexibility index (Phi) is 4.45. The summed E-state index contributed by atoms with van der Waals surface area (Å²) in [5.41, 5.74) is 0.944. The van der Waals surface area contributed by atoms with Crippen LogP contribution < -0.4 is 0 Å². The van der Waals surface area contributed by atoms with Crippen LogP contribution in [0.4, 0.5) is 4.39 Å². The maximum Gasteiger partial charge on any atom is 0.327 e. The van der Waals surface area contributed by atoms with Crippen molar-refractivity contribution in [1.82, 2.24) is 20.2 Å². The van der Waals surface area contributed by atoms with Crippen molar-refractivity contribution in [2.45, 2.75) is 17.5 Å². The highest BCUT2D eigenvalue weighted by atomic mass is 32.2. The summed E-state index contributed by atoms with van der Waals surface area (Å²) in [7, 11) is 1.30. The monoisotopic (exact) mass is 282 g/mol. The van der Waals surface area contributed by atoms with Crippen LogP contribution in [0.1, 0.15) is 5.56 Å². The fraction of sp³-hybridized carbons (Fsp3) is 0.273. The van der Waals surface area contributed by atoms with E-state index in [2.05, 4.69) is 20.3 Å². The topological polar surface area (TPSA) is 69.9 Å². The van der Waals surface area contributed by atoms with Crippen molar-refractivity contribution in [2.75, 3.05) is 7.11 Å². The van der Waals surface area contributed by atoms with Gasteiger partial charge >= 0.3 is 5.97 Å². The normalized spacial score (nSPS) is 10.4. The minimum atomic E-state index is -0.420. The number of hydrogen-bond acceptors (Lipinski definition) is 6. The number of halogens is 1. The molecular formula is C11H11FN4O2S. The van der Waals surface area contributed by atoms with Gasteiger partial charge in [0.2, 0.25) is 5.16 Å². The second kappa shape index (κ2) is 6.28. The Hall–Kier alpha value is -1.96. The molecule has 2 rings (SSSR count). The summed E-state index contributed by atoms with van der Waals surface area (Å²) in [6.45, 7) is -0.0325. The van der Waals surface area contributed by atoms with Crippen LogP contribution in [0.2, 0.25) is 0 Å². The van der Waals surface area contributed by atoms with Crippen molar-refractivity contribution in [3.8, 4) is 0 Å². The van der Waals surface area contributed by atoms with Gasteiger partial charge in [0.05, 0.1) is 7.11 Å². The molecule has 0 bridgehead atoms. The molecule has 0 fully saturated rings. The van der Waals surface area contributed by atoms with Crippen molar-refractivity contribution in [3.05, 3.63) is 35.6 Å². The summed E-state index contributed by atoms with van der Waals surface area (Å²) < 4.78 is 18.7. The third-order valence-electron chi connectivity index (χ3n) is 2.29. The highest BCUT2D eigenvalue weighted by molar-refractivity contribution is 7.98. The van der Waals surface area contributed by atoms with E-state index in [1.54, 1.807) is 12.1 Å². The third-order valence-corrected chi connectivity index (χ3v) is 3.32. The Morgan fingerprint density at radius 2 is 2.16 bits per heavy atom. The fourth-order valence-electron chi connectivity index (χ4n) is 1.31. The van der Waals surface area contributed by atoms with Crippen LogP contribution in [0.25, 0.3) is 0 Å². The molecule has 0 amide bonds. The maximum absolute atomic E-state index is 12.8. The molecule has 0 aliphatic carbocycles. The number of carbonyl (C=O) groups is 1. The van der Waals surface area contributed by atoms with E-state index in [0.717, 1.165) is 5.56 Å². The molecular weight excluding hydrogens is 271 g/mol. The highest BCUT2D eigenvalue weighted by Crippen LogP contribution is 2.19. The quantitative estimate of drug-likeness (QED) is 0.607. The van der Waals surface area contributed by atoms with Crippen LogP contribution in [0, 0.1) is 5.82 Å². The predicted octanol–water partition coefficient (Wildman–Crippen LogP) is 1.28. The SMILES string of the molecule is COC(=O)Cn1nnnc1SCc1ccc(F)cc1. The molecule has 0 saturated carbocycles. The lowest BCUT2D eigenvalue weighted by Gasteiger charge is -2.03. The van der Waals surface area contributed by atoms with E-state index in [1.165, 1.54) is 35.7 Å². The number of aromatic nitrogens is 4. The number of esters is 1. The zero-order valence-corrected chi connectivity index (χ0v) is 10.9. The number of benzene rings is 1. The first kappa shape index (κ1) is 13.5. The number of methoxy groups -OCH3 is 1. The molecule has 8 heteroatoms. The zero-order valence-electron chi connectivity index (χ0n) is 10.1. The molecule has 0 radical (unpaired) electrons. The average Bonchev–Trinajstić information content (AvgIpc) is 2.85. The number of hydrogen-bond donors (Lipinski definition) is 0. The summed E-state index contributed by atoms with van der Waals surface area (Å²) in [5, 5.41) is 11.5. The molecule has 0 spiro atoms.